The van der Waals surface area contributed by atoms with Crippen molar-refractivity contribution >= 4 is 0 Å². The maximum atomic E-state index is 3.64. The van der Waals surface area contributed by atoms with Gasteiger partial charge in [-0.1, -0.05) is 33.1 Å². The first kappa shape index (κ1) is 8.55. The molecule has 70 valence electrons. The van der Waals surface area contributed by atoms with Crippen LogP contribution in [0.4, 0.5) is 0 Å². The maximum absolute atomic E-state index is 3.64. The highest BCUT2D eigenvalue weighted by molar-refractivity contribution is 5.08. The smallest absolute Gasteiger partial charge is 0.0164 e. The number of nitrogens with one attached hydrogen (secondary N) is 1. The summed E-state index contributed by atoms with van der Waals surface area (Å²) in [5.74, 6) is 0.944. The van der Waals surface area contributed by atoms with E-state index in [2.05, 4.69) is 19.2 Å². The Morgan fingerprint density at radius 1 is 1.33 bits per heavy atom. The third-order valence-corrected chi connectivity index (χ3v) is 4.20. The van der Waals surface area contributed by atoms with E-state index in [4.69, 9.17) is 0 Å². The zero-order valence-electron chi connectivity index (χ0n) is 8.40. The molecule has 1 spiro atoms. The van der Waals surface area contributed by atoms with Gasteiger partial charge < -0.3 is 5.32 Å². The Morgan fingerprint density at radius 2 is 2.00 bits per heavy atom. The molecule has 1 aliphatic heterocycles. The Balaban J connectivity index is 1.95. The van der Waals surface area contributed by atoms with E-state index in [9.17, 15) is 0 Å². The summed E-state index contributed by atoms with van der Waals surface area (Å²) in [7, 11) is 0. The highest BCUT2D eigenvalue weighted by atomic mass is 15.1. The zero-order valence-corrected chi connectivity index (χ0v) is 8.40. The molecule has 2 rings (SSSR count). The van der Waals surface area contributed by atoms with E-state index in [0.717, 1.165) is 17.4 Å². The summed E-state index contributed by atoms with van der Waals surface area (Å²) in [5, 5.41) is 3.64. The third kappa shape index (κ3) is 1.02. The predicted molar refractivity (Wildman–Crippen MR) is 52.1 cm³/mol. The second-order valence-electron chi connectivity index (χ2n) is 4.65. The maximum Gasteiger partial charge on any atom is 0.0164 e. The average molecular weight is 167 g/mol. The van der Waals surface area contributed by atoms with E-state index in [1.165, 1.54) is 38.6 Å². The normalized spacial score (nSPS) is 31.8. The van der Waals surface area contributed by atoms with Crippen LogP contribution in [0.15, 0.2) is 0 Å². The highest BCUT2D eigenvalue weighted by Gasteiger charge is 2.52. The molecule has 1 heteroatoms. The minimum Gasteiger partial charge on any atom is -0.312 e. The molecule has 0 radical (unpaired) electrons. The van der Waals surface area contributed by atoms with Crippen molar-refractivity contribution in [3.63, 3.8) is 0 Å². The molecule has 2 aliphatic rings. The van der Waals surface area contributed by atoms with Crippen LogP contribution in [0, 0.1) is 11.3 Å². The van der Waals surface area contributed by atoms with Crippen molar-refractivity contribution in [2.45, 2.75) is 52.0 Å². The Morgan fingerprint density at radius 3 is 2.25 bits per heavy atom. The molecule has 1 N–H and O–H groups in total. The lowest BCUT2D eigenvalue weighted by Crippen LogP contribution is -2.68. The molecule has 0 amide bonds. The highest BCUT2D eigenvalue weighted by Crippen LogP contribution is 2.51. The predicted octanol–water partition coefficient (Wildman–Crippen LogP) is 2.56. The molecule has 1 nitrogen and oxygen atoms in total. The van der Waals surface area contributed by atoms with Gasteiger partial charge in [-0.05, 0) is 24.2 Å². The summed E-state index contributed by atoms with van der Waals surface area (Å²) in [4.78, 5) is 0. The summed E-state index contributed by atoms with van der Waals surface area (Å²) in [6.45, 7) is 5.98. The third-order valence-electron chi connectivity index (χ3n) is 4.20. The lowest BCUT2D eigenvalue weighted by atomic mass is 9.56. The second-order valence-corrected chi connectivity index (χ2v) is 4.65. The van der Waals surface area contributed by atoms with Gasteiger partial charge in [0.25, 0.3) is 0 Å². The molecule has 2 fully saturated rings. The van der Waals surface area contributed by atoms with E-state index in [-0.39, 0.29) is 0 Å². The minimum absolute atomic E-state index is 0.774. The fraction of sp³-hybridized carbons (Fsp3) is 1.00. The van der Waals surface area contributed by atoms with Gasteiger partial charge in [0, 0.05) is 12.6 Å². The van der Waals surface area contributed by atoms with Crippen molar-refractivity contribution in [1.29, 1.82) is 0 Å². The van der Waals surface area contributed by atoms with E-state index in [0.29, 0.717) is 0 Å². The van der Waals surface area contributed by atoms with Crippen LogP contribution < -0.4 is 5.32 Å². The van der Waals surface area contributed by atoms with E-state index in [1.807, 2.05) is 0 Å². The van der Waals surface area contributed by atoms with E-state index >= 15 is 0 Å². The van der Waals surface area contributed by atoms with Crippen molar-refractivity contribution in [2.24, 2.45) is 11.3 Å². The van der Waals surface area contributed by atoms with Gasteiger partial charge in [-0.3, -0.25) is 0 Å². The zero-order chi connectivity index (χ0) is 8.60. The van der Waals surface area contributed by atoms with Gasteiger partial charge >= 0.3 is 0 Å². The number of rotatable bonds is 3. The molecule has 12 heavy (non-hydrogen) atoms. The largest absolute Gasteiger partial charge is 0.312 e. The number of hydrogen-bond donors (Lipinski definition) is 1. The summed E-state index contributed by atoms with van der Waals surface area (Å²) in [6, 6.07) is 0.876. The summed E-state index contributed by atoms with van der Waals surface area (Å²) in [5.41, 5.74) is 0.774. The SMILES string of the molecule is CCC(CC)C1NCC12CCC2. The standard InChI is InChI=1S/C11H21N/c1-3-9(4-2)10-11(8-12-10)6-5-7-11/h9-10,12H,3-8H2,1-2H3. The van der Waals surface area contributed by atoms with Crippen molar-refractivity contribution in [3.8, 4) is 0 Å². The molecule has 1 aliphatic carbocycles. The molecule has 1 saturated carbocycles. The van der Waals surface area contributed by atoms with Crippen LogP contribution in [-0.4, -0.2) is 12.6 Å². The number of hydrogen-bond acceptors (Lipinski definition) is 1. The average Bonchev–Trinajstić information content (AvgIpc) is 1.94. The van der Waals surface area contributed by atoms with Gasteiger partial charge in [0.05, 0.1) is 0 Å². The summed E-state index contributed by atoms with van der Waals surface area (Å²) >= 11 is 0. The Kier molecular flexibility index (Phi) is 2.16. The van der Waals surface area contributed by atoms with Crippen LogP contribution in [0.25, 0.3) is 0 Å². The van der Waals surface area contributed by atoms with Crippen molar-refractivity contribution in [2.75, 3.05) is 6.54 Å². The van der Waals surface area contributed by atoms with Gasteiger partial charge in [0.2, 0.25) is 0 Å². The first-order chi connectivity index (χ1) is 5.82. The molecule has 1 unspecified atom stereocenters. The van der Waals surface area contributed by atoms with Crippen molar-refractivity contribution in [1.82, 2.24) is 5.32 Å². The molecule has 1 atom stereocenters. The molecular weight excluding hydrogens is 146 g/mol. The van der Waals surface area contributed by atoms with E-state index < -0.39 is 0 Å². The Bertz CT molecular complexity index is 151. The van der Waals surface area contributed by atoms with Gasteiger partial charge in [0.1, 0.15) is 0 Å². The fourth-order valence-corrected chi connectivity index (χ4v) is 3.05. The topological polar surface area (TPSA) is 12.0 Å². The molecular formula is C11H21N. The summed E-state index contributed by atoms with van der Waals surface area (Å²) in [6.07, 6.45) is 7.20. The molecule has 1 heterocycles. The Hall–Kier alpha value is -0.0400. The van der Waals surface area contributed by atoms with Crippen molar-refractivity contribution < 1.29 is 0 Å². The lowest BCUT2D eigenvalue weighted by Gasteiger charge is -2.59. The van der Waals surface area contributed by atoms with Gasteiger partial charge in [-0.2, -0.15) is 0 Å². The fourth-order valence-electron chi connectivity index (χ4n) is 3.05. The monoisotopic (exact) mass is 167 g/mol. The molecule has 0 bridgehead atoms. The van der Waals surface area contributed by atoms with Crippen LogP contribution in [0.1, 0.15) is 46.0 Å². The Labute approximate surface area is 75.9 Å². The lowest BCUT2D eigenvalue weighted by molar-refractivity contribution is -0.0360. The van der Waals surface area contributed by atoms with Gasteiger partial charge in [-0.15, -0.1) is 0 Å². The van der Waals surface area contributed by atoms with Gasteiger partial charge in [0.15, 0.2) is 0 Å². The molecule has 0 aromatic heterocycles. The minimum atomic E-state index is 0.774. The van der Waals surface area contributed by atoms with Crippen LogP contribution in [0.5, 0.6) is 0 Å². The van der Waals surface area contributed by atoms with Crippen LogP contribution in [0.2, 0.25) is 0 Å². The van der Waals surface area contributed by atoms with Crippen molar-refractivity contribution in [3.05, 3.63) is 0 Å². The summed E-state index contributed by atoms with van der Waals surface area (Å²) < 4.78 is 0. The van der Waals surface area contributed by atoms with Crippen LogP contribution >= 0.6 is 0 Å². The van der Waals surface area contributed by atoms with Gasteiger partial charge in [-0.25, -0.2) is 0 Å². The quantitative estimate of drug-likeness (QED) is 0.681. The first-order valence-electron chi connectivity index (χ1n) is 5.56. The van der Waals surface area contributed by atoms with Crippen LogP contribution in [-0.2, 0) is 0 Å². The second kappa shape index (κ2) is 3.02. The van der Waals surface area contributed by atoms with E-state index in [1.54, 1.807) is 0 Å². The molecule has 0 aromatic carbocycles. The first-order valence-corrected chi connectivity index (χ1v) is 5.56. The molecule has 0 aromatic rings. The van der Waals surface area contributed by atoms with Crippen LogP contribution in [0.3, 0.4) is 0 Å². The molecule has 1 saturated heterocycles.